The molecular formula is C16H17FN2O. The highest BCUT2D eigenvalue weighted by atomic mass is 19.1. The van der Waals surface area contributed by atoms with Crippen LogP contribution >= 0.6 is 0 Å². The molecule has 2 bridgehead atoms. The predicted octanol–water partition coefficient (Wildman–Crippen LogP) is 2.75. The smallest absolute Gasteiger partial charge is 0.174 e. The molecule has 1 aromatic heterocycles. The van der Waals surface area contributed by atoms with E-state index >= 15 is 0 Å². The van der Waals surface area contributed by atoms with E-state index in [0.29, 0.717) is 17.3 Å². The summed E-state index contributed by atoms with van der Waals surface area (Å²) in [5.41, 5.74) is 3.18. The van der Waals surface area contributed by atoms with Crippen molar-refractivity contribution in [2.45, 2.75) is 31.2 Å². The Hall–Kier alpha value is -1.55. The van der Waals surface area contributed by atoms with E-state index < -0.39 is 5.82 Å². The number of rotatable bonds is 0. The van der Waals surface area contributed by atoms with E-state index in [4.69, 9.17) is 0 Å². The second-order valence-electron chi connectivity index (χ2n) is 6.59. The lowest BCUT2D eigenvalue weighted by molar-refractivity contribution is 0.201. The Morgan fingerprint density at radius 2 is 2.20 bits per heavy atom. The average Bonchev–Trinajstić information content (AvgIpc) is 3.10. The maximum absolute atomic E-state index is 14.3. The Balaban J connectivity index is 1.78. The summed E-state index contributed by atoms with van der Waals surface area (Å²) in [6.45, 7) is 2.24. The molecule has 0 unspecified atom stereocenters. The van der Waals surface area contributed by atoms with Crippen molar-refractivity contribution >= 4 is 10.9 Å². The quantitative estimate of drug-likeness (QED) is 0.774. The van der Waals surface area contributed by atoms with Gasteiger partial charge in [-0.1, -0.05) is 0 Å². The topological polar surface area (TPSA) is 39.3 Å². The van der Waals surface area contributed by atoms with Crippen LogP contribution in [-0.4, -0.2) is 34.1 Å². The van der Waals surface area contributed by atoms with Crippen LogP contribution in [0.25, 0.3) is 10.9 Å². The van der Waals surface area contributed by atoms with Gasteiger partial charge in [0.25, 0.3) is 0 Å². The molecule has 20 heavy (non-hydrogen) atoms. The van der Waals surface area contributed by atoms with Gasteiger partial charge in [0.1, 0.15) is 0 Å². The summed E-state index contributed by atoms with van der Waals surface area (Å²) in [6.07, 6.45) is 3.41. The van der Waals surface area contributed by atoms with Crippen LogP contribution < -0.4 is 0 Å². The third-order valence-electron chi connectivity index (χ3n) is 5.63. The van der Waals surface area contributed by atoms with Gasteiger partial charge in [0.15, 0.2) is 11.6 Å². The maximum atomic E-state index is 14.3. The first kappa shape index (κ1) is 11.1. The van der Waals surface area contributed by atoms with Crippen LogP contribution in [0.4, 0.5) is 4.39 Å². The van der Waals surface area contributed by atoms with Crippen LogP contribution in [0, 0.1) is 11.7 Å². The van der Waals surface area contributed by atoms with E-state index in [-0.39, 0.29) is 5.75 Å². The highest BCUT2D eigenvalue weighted by Crippen LogP contribution is 2.50. The van der Waals surface area contributed by atoms with Crippen LogP contribution in [0.15, 0.2) is 12.1 Å². The van der Waals surface area contributed by atoms with Gasteiger partial charge in [-0.3, -0.25) is 4.90 Å². The Labute approximate surface area is 116 Å². The number of phenols is 1. The lowest BCUT2D eigenvalue weighted by atomic mass is 9.93. The zero-order valence-corrected chi connectivity index (χ0v) is 11.2. The number of hydrogen-bond donors (Lipinski definition) is 2. The number of halogens is 1. The zero-order valence-electron chi connectivity index (χ0n) is 11.2. The monoisotopic (exact) mass is 272 g/mol. The number of piperidine rings is 1. The van der Waals surface area contributed by atoms with Crippen LogP contribution in [0.1, 0.15) is 30.0 Å². The van der Waals surface area contributed by atoms with Crippen molar-refractivity contribution in [3.8, 4) is 5.75 Å². The molecule has 2 N–H and O–H groups in total. The molecule has 2 fully saturated rings. The molecule has 5 rings (SSSR count). The molecular weight excluding hydrogens is 255 g/mol. The van der Waals surface area contributed by atoms with E-state index in [0.717, 1.165) is 30.0 Å². The Kier molecular flexibility index (Phi) is 1.98. The maximum Gasteiger partial charge on any atom is 0.174 e. The molecule has 1 aromatic carbocycles. The fraction of sp³-hybridized carbons (Fsp3) is 0.500. The summed E-state index contributed by atoms with van der Waals surface area (Å²) in [5.74, 6) is 0.649. The number of aromatic hydroxyl groups is 1. The van der Waals surface area contributed by atoms with Gasteiger partial charge < -0.3 is 10.1 Å². The molecule has 0 amide bonds. The zero-order chi connectivity index (χ0) is 13.4. The number of aromatic amines is 1. The second kappa shape index (κ2) is 3.55. The number of benzene rings is 1. The van der Waals surface area contributed by atoms with E-state index in [1.807, 2.05) is 0 Å². The fourth-order valence-corrected chi connectivity index (χ4v) is 4.86. The van der Waals surface area contributed by atoms with Gasteiger partial charge in [-0.15, -0.1) is 0 Å². The van der Waals surface area contributed by atoms with Crippen molar-refractivity contribution in [1.29, 1.82) is 0 Å². The Morgan fingerprint density at radius 3 is 3.05 bits per heavy atom. The first-order valence-corrected chi connectivity index (χ1v) is 7.48. The van der Waals surface area contributed by atoms with Gasteiger partial charge >= 0.3 is 0 Å². The fourth-order valence-electron chi connectivity index (χ4n) is 4.86. The first-order chi connectivity index (χ1) is 9.72. The first-order valence-electron chi connectivity index (χ1n) is 7.48. The molecule has 2 aliphatic heterocycles. The summed E-state index contributed by atoms with van der Waals surface area (Å²) < 4.78 is 14.3. The van der Waals surface area contributed by atoms with Crippen molar-refractivity contribution < 1.29 is 9.50 Å². The minimum atomic E-state index is -0.459. The van der Waals surface area contributed by atoms with Crippen molar-refractivity contribution in [1.82, 2.24) is 9.88 Å². The minimum Gasteiger partial charge on any atom is -0.505 e. The molecule has 0 radical (unpaired) electrons. The van der Waals surface area contributed by atoms with Gasteiger partial charge in [-0.25, -0.2) is 4.39 Å². The number of nitrogens with one attached hydrogen (secondary N) is 1. The van der Waals surface area contributed by atoms with Crippen molar-refractivity contribution in [2.75, 3.05) is 13.1 Å². The molecule has 104 valence electrons. The second-order valence-corrected chi connectivity index (χ2v) is 6.59. The summed E-state index contributed by atoms with van der Waals surface area (Å²) >= 11 is 0. The number of aromatic nitrogens is 1. The molecule has 3 heterocycles. The van der Waals surface area contributed by atoms with E-state index in [2.05, 4.69) is 9.88 Å². The Bertz CT molecular complexity index is 723. The van der Waals surface area contributed by atoms with E-state index in [9.17, 15) is 9.50 Å². The third kappa shape index (κ3) is 1.23. The van der Waals surface area contributed by atoms with Crippen molar-refractivity contribution in [3.63, 3.8) is 0 Å². The molecule has 0 spiro atoms. The van der Waals surface area contributed by atoms with Gasteiger partial charge in [0.2, 0.25) is 0 Å². The van der Waals surface area contributed by atoms with Crippen LogP contribution in [0.2, 0.25) is 0 Å². The average molecular weight is 272 g/mol. The number of nitrogens with zero attached hydrogens (tertiary/aromatic N) is 1. The SMILES string of the molecule is Oc1ccc2[nH]c3c(c2c1F)CCN1C[C@H]2C[C@@H]3[C@@H]1C2. The van der Waals surface area contributed by atoms with Crippen molar-refractivity contribution in [3.05, 3.63) is 29.2 Å². The van der Waals surface area contributed by atoms with Crippen LogP contribution in [-0.2, 0) is 6.42 Å². The summed E-state index contributed by atoms with van der Waals surface area (Å²) in [5, 5.41) is 10.3. The normalized spacial score (nSPS) is 31.8. The highest BCUT2D eigenvalue weighted by Gasteiger charge is 2.48. The lowest BCUT2D eigenvalue weighted by Crippen LogP contribution is -2.36. The number of fused-ring (bicyclic) bond motifs is 5. The van der Waals surface area contributed by atoms with Gasteiger partial charge in [-0.05, 0) is 42.9 Å². The summed E-state index contributed by atoms with van der Waals surface area (Å²) in [7, 11) is 0. The van der Waals surface area contributed by atoms with Gasteiger partial charge in [0, 0.05) is 41.6 Å². The summed E-state index contributed by atoms with van der Waals surface area (Å²) in [4.78, 5) is 6.04. The molecule has 3 nitrogen and oxygen atoms in total. The molecule has 1 saturated carbocycles. The van der Waals surface area contributed by atoms with Crippen molar-refractivity contribution in [2.24, 2.45) is 5.92 Å². The molecule has 4 heteroatoms. The van der Waals surface area contributed by atoms with E-state index in [1.54, 1.807) is 6.07 Å². The predicted molar refractivity (Wildman–Crippen MR) is 74.5 cm³/mol. The Morgan fingerprint density at radius 1 is 1.30 bits per heavy atom. The van der Waals surface area contributed by atoms with Gasteiger partial charge in [-0.2, -0.15) is 0 Å². The lowest BCUT2D eigenvalue weighted by Gasteiger charge is -2.30. The number of hydrogen-bond acceptors (Lipinski definition) is 2. The van der Waals surface area contributed by atoms with Crippen LogP contribution in [0.5, 0.6) is 5.75 Å². The standard InChI is InChI=1S/C16H17FN2O/c17-15-13(20)2-1-11-14(15)9-3-4-19-7-8-5-10(12(19)6-8)16(9)18-11/h1-2,8,10,12,18,20H,3-7H2/t8-,10+,12-/m0/s1. The highest BCUT2D eigenvalue weighted by molar-refractivity contribution is 5.87. The minimum absolute atomic E-state index is 0.240. The molecule has 2 aromatic rings. The van der Waals surface area contributed by atoms with E-state index in [1.165, 1.54) is 31.1 Å². The van der Waals surface area contributed by atoms with Crippen LogP contribution in [0.3, 0.4) is 0 Å². The number of phenolic OH excluding ortho intramolecular Hbond substituents is 1. The molecule has 1 saturated heterocycles. The molecule has 3 atom stereocenters. The van der Waals surface area contributed by atoms with Gasteiger partial charge in [0.05, 0.1) is 0 Å². The number of H-pyrrole nitrogens is 1. The largest absolute Gasteiger partial charge is 0.505 e. The summed E-state index contributed by atoms with van der Waals surface area (Å²) in [6, 6.07) is 3.89. The molecule has 3 aliphatic rings. The third-order valence-corrected chi connectivity index (χ3v) is 5.63. The molecule has 1 aliphatic carbocycles.